The number of carbonyl (C=O) groups is 1. The molecule has 1 N–H and O–H groups in total. The fourth-order valence-corrected chi connectivity index (χ4v) is 2.15. The average molecular weight is 139 g/mol. The zero-order chi connectivity index (χ0) is 7.14. The Balaban J connectivity index is 2.16. The molecule has 0 spiro atoms. The predicted molar refractivity (Wildman–Crippen MR) is 38.4 cm³/mol. The Hall–Kier alpha value is -0.530. The van der Waals surface area contributed by atoms with Gasteiger partial charge in [-0.1, -0.05) is 6.92 Å². The van der Waals surface area contributed by atoms with E-state index >= 15 is 0 Å². The highest BCUT2D eigenvalue weighted by molar-refractivity contribution is 5.80. The second-order valence-electron chi connectivity index (χ2n) is 3.60. The highest BCUT2D eigenvalue weighted by Gasteiger charge is 2.37. The first kappa shape index (κ1) is 6.20. The summed E-state index contributed by atoms with van der Waals surface area (Å²) in [7, 11) is 0. The van der Waals surface area contributed by atoms with Crippen LogP contribution in [0.5, 0.6) is 0 Å². The third-order valence-corrected chi connectivity index (χ3v) is 2.87. The molecule has 2 saturated heterocycles. The molecule has 2 nitrogen and oxygen atoms in total. The molecule has 1 saturated carbocycles. The van der Waals surface area contributed by atoms with E-state index < -0.39 is 0 Å². The van der Waals surface area contributed by atoms with Gasteiger partial charge in [0.15, 0.2) is 0 Å². The fourth-order valence-electron chi connectivity index (χ4n) is 2.15. The minimum atomic E-state index is 0.300. The molecule has 10 heavy (non-hydrogen) atoms. The lowest BCUT2D eigenvalue weighted by Crippen LogP contribution is -2.53. The number of piperidine rings is 2. The summed E-state index contributed by atoms with van der Waals surface area (Å²) in [4.78, 5) is 11.1. The van der Waals surface area contributed by atoms with Crippen molar-refractivity contribution in [2.45, 2.75) is 32.2 Å². The molecule has 1 aliphatic carbocycles. The minimum absolute atomic E-state index is 0.300. The van der Waals surface area contributed by atoms with Crippen molar-refractivity contribution in [1.29, 1.82) is 0 Å². The molecule has 3 aliphatic rings. The molecular weight excluding hydrogens is 126 g/mol. The van der Waals surface area contributed by atoms with Crippen molar-refractivity contribution in [3.05, 3.63) is 0 Å². The van der Waals surface area contributed by atoms with Gasteiger partial charge in [-0.15, -0.1) is 0 Å². The van der Waals surface area contributed by atoms with Crippen molar-refractivity contribution in [3.63, 3.8) is 0 Å². The molecule has 0 radical (unpaired) electrons. The van der Waals surface area contributed by atoms with Crippen LogP contribution in [0.2, 0.25) is 0 Å². The van der Waals surface area contributed by atoms with E-state index in [-0.39, 0.29) is 0 Å². The van der Waals surface area contributed by atoms with E-state index in [2.05, 4.69) is 12.2 Å². The van der Waals surface area contributed by atoms with E-state index in [1.807, 2.05) is 0 Å². The second kappa shape index (κ2) is 1.97. The molecule has 2 aliphatic heterocycles. The summed E-state index contributed by atoms with van der Waals surface area (Å²) in [5.41, 5.74) is 0. The number of hydrogen-bond donors (Lipinski definition) is 1. The van der Waals surface area contributed by atoms with E-state index in [1.165, 1.54) is 6.42 Å². The van der Waals surface area contributed by atoms with Crippen molar-refractivity contribution in [1.82, 2.24) is 5.32 Å². The van der Waals surface area contributed by atoms with Crippen molar-refractivity contribution in [2.24, 2.45) is 11.8 Å². The zero-order valence-electron chi connectivity index (χ0n) is 6.26. The van der Waals surface area contributed by atoms with Gasteiger partial charge in [-0.3, -0.25) is 4.79 Å². The van der Waals surface area contributed by atoms with Crippen LogP contribution in [-0.2, 0) is 4.79 Å². The summed E-state index contributed by atoms with van der Waals surface area (Å²) in [6.45, 7) is 2.23. The molecule has 3 rings (SSSR count). The Morgan fingerprint density at radius 2 is 2.30 bits per heavy atom. The van der Waals surface area contributed by atoms with Gasteiger partial charge in [0.2, 0.25) is 5.91 Å². The van der Waals surface area contributed by atoms with Crippen molar-refractivity contribution in [3.8, 4) is 0 Å². The Bertz CT molecular complexity index is 167. The lowest BCUT2D eigenvalue weighted by atomic mass is 9.74. The molecule has 3 fully saturated rings. The largest absolute Gasteiger partial charge is 0.353 e. The molecule has 0 unspecified atom stereocenters. The molecule has 3 atom stereocenters. The van der Waals surface area contributed by atoms with Crippen LogP contribution >= 0.6 is 0 Å². The molecule has 0 aromatic rings. The monoisotopic (exact) mass is 139 g/mol. The van der Waals surface area contributed by atoms with Crippen LogP contribution in [-0.4, -0.2) is 11.9 Å². The van der Waals surface area contributed by atoms with Crippen LogP contribution in [0.3, 0.4) is 0 Å². The summed E-state index contributed by atoms with van der Waals surface area (Å²) < 4.78 is 0. The van der Waals surface area contributed by atoms with Crippen LogP contribution in [0, 0.1) is 11.8 Å². The van der Waals surface area contributed by atoms with Gasteiger partial charge in [0.25, 0.3) is 0 Å². The standard InChI is InChI=1S/C8H13NO/c1-5-4-6-2-3-7(5)9-8(6)10/h5-7H,2-4H2,1H3,(H,9,10)/t5-,6-,7-/m1/s1. The van der Waals surface area contributed by atoms with E-state index in [9.17, 15) is 4.79 Å². The highest BCUT2D eigenvalue weighted by Crippen LogP contribution is 2.33. The molecular formula is C8H13NO. The number of hydrogen-bond acceptors (Lipinski definition) is 1. The highest BCUT2D eigenvalue weighted by atomic mass is 16.2. The Morgan fingerprint density at radius 3 is 2.60 bits per heavy atom. The summed E-state index contributed by atoms with van der Waals surface area (Å²) in [6, 6.07) is 0.498. The van der Waals surface area contributed by atoms with Crippen LogP contribution in [0.25, 0.3) is 0 Å². The molecule has 0 aromatic heterocycles. The van der Waals surface area contributed by atoms with Crippen molar-refractivity contribution >= 4 is 5.91 Å². The predicted octanol–water partition coefficient (Wildman–Crippen LogP) is 0.921. The van der Waals surface area contributed by atoms with Crippen LogP contribution in [0.15, 0.2) is 0 Å². The minimum Gasteiger partial charge on any atom is -0.353 e. The van der Waals surface area contributed by atoms with E-state index in [0.29, 0.717) is 17.9 Å². The van der Waals surface area contributed by atoms with Crippen LogP contribution < -0.4 is 5.32 Å². The number of amides is 1. The maximum atomic E-state index is 11.1. The van der Waals surface area contributed by atoms with Crippen LogP contribution in [0.4, 0.5) is 0 Å². The molecule has 1 amide bonds. The van der Waals surface area contributed by atoms with Gasteiger partial charge in [0.05, 0.1) is 0 Å². The quantitative estimate of drug-likeness (QED) is 0.531. The van der Waals surface area contributed by atoms with Crippen molar-refractivity contribution < 1.29 is 4.79 Å². The third kappa shape index (κ3) is 0.746. The van der Waals surface area contributed by atoms with Crippen molar-refractivity contribution in [2.75, 3.05) is 0 Å². The third-order valence-electron chi connectivity index (χ3n) is 2.87. The summed E-state index contributed by atoms with van der Waals surface area (Å²) in [6.07, 6.45) is 3.45. The van der Waals surface area contributed by atoms with Gasteiger partial charge < -0.3 is 5.32 Å². The average Bonchev–Trinajstić information content (AvgIpc) is 1.91. The SMILES string of the molecule is C[C@@H]1C[C@H]2CC[C@H]1NC2=O. The maximum Gasteiger partial charge on any atom is 0.223 e. The van der Waals surface area contributed by atoms with Gasteiger partial charge in [0.1, 0.15) is 0 Å². The second-order valence-corrected chi connectivity index (χ2v) is 3.60. The zero-order valence-corrected chi connectivity index (χ0v) is 6.26. The van der Waals surface area contributed by atoms with E-state index in [0.717, 1.165) is 18.8 Å². The maximum absolute atomic E-state index is 11.1. The summed E-state index contributed by atoms with van der Waals surface area (Å²) in [5.74, 6) is 1.37. The van der Waals surface area contributed by atoms with Gasteiger partial charge in [-0.25, -0.2) is 0 Å². The smallest absolute Gasteiger partial charge is 0.223 e. The molecule has 2 bridgehead atoms. The number of carbonyl (C=O) groups excluding carboxylic acids is 1. The van der Waals surface area contributed by atoms with E-state index in [1.54, 1.807) is 0 Å². The molecule has 0 aromatic carbocycles. The Labute approximate surface area is 61.0 Å². The van der Waals surface area contributed by atoms with Gasteiger partial charge in [0, 0.05) is 12.0 Å². The molecule has 2 heteroatoms. The number of fused-ring (bicyclic) bond motifs is 3. The lowest BCUT2D eigenvalue weighted by Gasteiger charge is -2.40. The number of nitrogens with one attached hydrogen (secondary N) is 1. The molecule has 56 valence electrons. The van der Waals surface area contributed by atoms with Crippen LogP contribution in [0.1, 0.15) is 26.2 Å². The van der Waals surface area contributed by atoms with Gasteiger partial charge in [-0.2, -0.15) is 0 Å². The molecule has 2 heterocycles. The Morgan fingerprint density at radius 1 is 1.50 bits per heavy atom. The topological polar surface area (TPSA) is 29.1 Å². The summed E-state index contributed by atoms with van der Waals surface area (Å²) >= 11 is 0. The van der Waals surface area contributed by atoms with Gasteiger partial charge >= 0.3 is 0 Å². The first-order valence-corrected chi connectivity index (χ1v) is 4.08. The normalized spacial score (nSPS) is 45.3. The Kier molecular flexibility index (Phi) is 1.22. The van der Waals surface area contributed by atoms with E-state index in [4.69, 9.17) is 0 Å². The lowest BCUT2D eigenvalue weighted by molar-refractivity contribution is -0.132. The first-order valence-electron chi connectivity index (χ1n) is 4.08. The number of rotatable bonds is 0. The fraction of sp³-hybridized carbons (Fsp3) is 0.875. The first-order chi connectivity index (χ1) is 4.77. The van der Waals surface area contributed by atoms with Gasteiger partial charge in [-0.05, 0) is 25.2 Å². The summed E-state index contributed by atoms with van der Waals surface area (Å²) in [5, 5.41) is 3.03.